The number of benzene rings is 1. The van der Waals surface area contributed by atoms with Crippen LogP contribution in [0.3, 0.4) is 0 Å². The highest BCUT2D eigenvalue weighted by molar-refractivity contribution is 6.21. The molecule has 0 spiro atoms. The number of hydrogen-bond acceptors (Lipinski definition) is 2. The minimum Gasteiger partial charge on any atom is -0.494 e. The Labute approximate surface area is 113 Å². The molecule has 2 aliphatic rings. The van der Waals surface area contributed by atoms with Gasteiger partial charge in [0.15, 0.2) is 0 Å². The SMILES string of the molecule is CCOc1cc2c(c3c1CC(C)C3Cl)OC(C)C2. The van der Waals surface area contributed by atoms with Crippen molar-refractivity contribution < 1.29 is 9.47 Å². The maximum absolute atomic E-state index is 6.56. The topological polar surface area (TPSA) is 18.5 Å². The average Bonchev–Trinajstić information content (AvgIpc) is 2.81. The van der Waals surface area contributed by atoms with E-state index < -0.39 is 0 Å². The van der Waals surface area contributed by atoms with Crippen LogP contribution >= 0.6 is 11.6 Å². The third-order valence-corrected chi connectivity index (χ3v) is 4.54. The van der Waals surface area contributed by atoms with Crippen molar-refractivity contribution in [1.29, 1.82) is 0 Å². The van der Waals surface area contributed by atoms with E-state index in [1.54, 1.807) is 0 Å². The van der Waals surface area contributed by atoms with Gasteiger partial charge < -0.3 is 9.47 Å². The van der Waals surface area contributed by atoms with Crippen molar-refractivity contribution in [3.05, 3.63) is 22.8 Å². The maximum Gasteiger partial charge on any atom is 0.128 e. The zero-order valence-electron chi connectivity index (χ0n) is 11.1. The predicted octanol–water partition coefficient (Wildman–Crippen LogP) is 3.88. The predicted molar refractivity (Wildman–Crippen MR) is 72.9 cm³/mol. The standard InChI is InChI=1S/C15H19ClO2/c1-4-17-12-7-10-6-9(3)18-15(10)13-11(12)5-8(2)14(13)16/h7-9,14H,4-6H2,1-3H3. The molecule has 0 fully saturated rings. The normalized spacial score (nSPS) is 28.8. The number of hydrogen-bond donors (Lipinski definition) is 0. The summed E-state index contributed by atoms with van der Waals surface area (Å²) >= 11 is 6.56. The third-order valence-electron chi connectivity index (χ3n) is 3.89. The zero-order valence-corrected chi connectivity index (χ0v) is 11.9. The Morgan fingerprint density at radius 3 is 2.89 bits per heavy atom. The first-order valence-corrected chi connectivity index (χ1v) is 7.17. The molecule has 1 heterocycles. The van der Waals surface area contributed by atoms with Gasteiger partial charge in [-0.1, -0.05) is 6.92 Å². The van der Waals surface area contributed by atoms with Crippen LogP contribution in [0.1, 0.15) is 42.8 Å². The fourth-order valence-corrected chi connectivity index (χ4v) is 3.41. The molecule has 0 saturated carbocycles. The molecule has 1 aliphatic carbocycles. The Bertz CT molecular complexity index is 484. The summed E-state index contributed by atoms with van der Waals surface area (Å²) in [6, 6.07) is 2.16. The lowest BCUT2D eigenvalue weighted by molar-refractivity contribution is 0.252. The molecule has 0 radical (unpaired) electrons. The Kier molecular flexibility index (Phi) is 2.93. The van der Waals surface area contributed by atoms with E-state index in [1.165, 1.54) is 16.7 Å². The van der Waals surface area contributed by atoms with Crippen molar-refractivity contribution in [2.45, 2.75) is 45.1 Å². The van der Waals surface area contributed by atoms with Gasteiger partial charge in [-0.25, -0.2) is 0 Å². The molecule has 0 bridgehead atoms. The summed E-state index contributed by atoms with van der Waals surface area (Å²) < 4.78 is 11.8. The minimum atomic E-state index is 0.0551. The molecule has 1 aliphatic heterocycles. The summed E-state index contributed by atoms with van der Waals surface area (Å²) in [7, 11) is 0. The van der Waals surface area contributed by atoms with Crippen LogP contribution < -0.4 is 9.47 Å². The Hall–Kier alpha value is -0.890. The van der Waals surface area contributed by atoms with E-state index in [-0.39, 0.29) is 11.5 Å². The first kappa shape index (κ1) is 12.2. The molecule has 2 nitrogen and oxygen atoms in total. The lowest BCUT2D eigenvalue weighted by Crippen LogP contribution is -2.06. The number of alkyl halides is 1. The summed E-state index contributed by atoms with van der Waals surface area (Å²) in [5.74, 6) is 2.50. The van der Waals surface area contributed by atoms with Crippen LogP contribution in [0, 0.1) is 5.92 Å². The lowest BCUT2D eigenvalue weighted by atomic mass is 10.0. The molecular weight excluding hydrogens is 248 g/mol. The van der Waals surface area contributed by atoms with Gasteiger partial charge in [0.25, 0.3) is 0 Å². The summed E-state index contributed by atoms with van der Waals surface area (Å²) in [5.41, 5.74) is 3.70. The third kappa shape index (κ3) is 1.70. The van der Waals surface area contributed by atoms with E-state index in [1.807, 2.05) is 6.92 Å². The summed E-state index contributed by atoms with van der Waals surface area (Å²) in [6.45, 7) is 7.02. The van der Waals surface area contributed by atoms with E-state index >= 15 is 0 Å². The van der Waals surface area contributed by atoms with Crippen LogP contribution in [-0.2, 0) is 12.8 Å². The first-order chi connectivity index (χ1) is 8.61. The van der Waals surface area contributed by atoms with Gasteiger partial charge in [0.2, 0.25) is 0 Å². The molecule has 3 atom stereocenters. The van der Waals surface area contributed by atoms with E-state index in [9.17, 15) is 0 Å². The second-order valence-electron chi connectivity index (χ2n) is 5.40. The average molecular weight is 267 g/mol. The van der Waals surface area contributed by atoms with Crippen molar-refractivity contribution in [2.75, 3.05) is 6.61 Å². The van der Waals surface area contributed by atoms with Gasteiger partial charge in [0.05, 0.1) is 12.0 Å². The van der Waals surface area contributed by atoms with Crippen LogP contribution in [-0.4, -0.2) is 12.7 Å². The van der Waals surface area contributed by atoms with Crippen molar-refractivity contribution in [2.24, 2.45) is 5.92 Å². The number of rotatable bonds is 2. The molecule has 3 unspecified atom stereocenters. The Balaban J connectivity index is 2.15. The first-order valence-electron chi connectivity index (χ1n) is 6.74. The highest BCUT2D eigenvalue weighted by Crippen LogP contribution is 2.52. The molecule has 98 valence electrons. The molecule has 1 aromatic carbocycles. The quantitative estimate of drug-likeness (QED) is 0.757. The smallest absolute Gasteiger partial charge is 0.128 e. The minimum absolute atomic E-state index is 0.0551. The van der Waals surface area contributed by atoms with Crippen LogP contribution in [0.5, 0.6) is 11.5 Å². The van der Waals surface area contributed by atoms with Gasteiger partial charge in [0, 0.05) is 23.1 Å². The molecule has 0 saturated heterocycles. The van der Waals surface area contributed by atoms with Crippen molar-refractivity contribution >= 4 is 11.6 Å². The van der Waals surface area contributed by atoms with Gasteiger partial charge in [-0.15, -0.1) is 11.6 Å². The van der Waals surface area contributed by atoms with Crippen molar-refractivity contribution in [1.82, 2.24) is 0 Å². The molecule has 3 rings (SSSR count). The van der Waals surface area contributed by atoms with Gasteiger partial charge in [-0.3, -0.25) is 0 Å². The van der Waals surface area contributed by atoms with Gasteiger partial charge in [0.1, 0.15) is 17.6 Å². The molecule has 0 N–H and O–H groups in total. The summed E-state index contributed by atoms with van der Waals surface area (Å²) in [5, 5.41) is 0.0551. The van der Waals surface area contributed by atoms with Gasteiger partial charge in [-0.05, 0) is 32.3 Å². The van der Waals surface area contributed by atoms with Crippen LogP contribution in [0.2, 0.25) is 0 Å². The summed E-state index contributed by atoms with van der Waals surface area (Å²) in [4.78, 5) is 0. The van der Waals surface area contributed by atoms with Crippen LogP contribution in [0.25, 0.3) is 0 Å². The fourth-order valence-electron chi connectivity index (χ4n) is 3.09. The number of halogens is 1. The summed E-state index contributed by atoms with van der Waals surface area (Å²) in [6.07, 6.45) is 2.20. The zero-order chi connectivity index (χ0) is 12.9. The number of ether oxygens (including phenoxy) is 2. The highest BCUT2D eigenvalue weighted by Gasteiger charge is 2.37. The second kappa shape index (κ2) is 4.34. The van der Waals surface area contributed by atoms with E-state index in [0.717, 1.165) is 24.3 Å². The molecule has 3 heteroatoms. The largest absolute Gasteiger partial charge is 0.494 e. The molecular formula is C15H19ClO2. The van der Waals surface area contributed by atoms with Crippen molar-refractivity contribution in [3.8, 4) is 11.5 Å². The maximum atomic E-state index is 6.56. The van der Waals surface area contributed by atoms with Crippen molar-refractivity contribution in [3.63, 3.8) is 0 Å². The molecule has 18 heavy (non-hydrogen) atoms. The molecule has 0 amide bonds. The van der Waals surface area contributed by atoms with E-state index in [4.69, 9.17) is 21.1 Å². The van der Waals surface area contributed by atoms with E-state index in [2.05, 4.69) is 19.9 Å². The Morgan fingerprint density at radius 1 is 1.39 bits per heavy atom. The van der Waals surface area contributed by atoms with Crippen LogP contribution in [0.15, 0.2) is 6.07 Å². The van der Waals surface area contributed by atoms with Crippen LogP contribution in [0.4, 0.5) is 0 Å². The monoisotopic (exact) mass is 266 g/mol. The van der Waals surface area contributed by atoms with Gasteiger partial charge >= 0.3 is 0 Å². The molecule has 1 aromatic rings. The van der Waals surface area contributed by atoms with Gasteiger partial charge in [-0.2, -0.15) is 0 Å². The number of fused-ring (bicyclic) bond motifs is 3. The van der Waals surface area contributed by atoms with E-state index in [0.29, 0.717) is 12.5 Å². The fraction of sp³-hybridized carbons (Fsp3) is 0.600. The molecule has 0 aromatic heterocycles. The Morgan fingerprint density at radius 2 is 2.17 bits per heavy atom. The lowest BCUT2D eigenvalue weighted by Gasteiger charge is -2.15. The second-order valence-corrected chi connectivity index (χ2v) is 5.87. The highest BCUT2D eigenvalue weighted by atomic mass is 35.5.